The molecule has 0 spiro atoms. The van der Waals surface area contributed by atoms with E-state index in [9.17, 15) is 14.4 Å². The fraction of sp³-hybridized carbons (Fsp3) is 0.188. The Bertz CT molecular complexity index is 667. The molecule has 23 heavy (non-hydrogen) atoms. The number of carbonyl (C=O) groups excluding carboxylic acids is 3. The van der Waals surface area contributed by atoms with Crippen LogP contribution in [0.1, 0.15) is 16.1 Å². The maximum atomic E-state index is 12.1. The second kappa shape index (κ2) is 7.79. The van der Waals surface area contributed by atoms with Crippen molar-refractivity contribution >= 4 is 17.8 Å². The molecule has 0 aliphatic rings. The average molecular weight is 316 g/mol. The number of amides is 2. The van der Waals surface area contributed by atoms with Gasteiger partial charge in [-0.25, -0.2) is 4.79 Å². The highest BCUT2D eigenvalue weighted by molar-refractivity contribution is 5.94. The van der Waals surface area contributed by atoms with Crippen LogP contribution in [-0.2, 0) is 20.7 Å². The largest absolute Gasteiger partial charge is 0.459 e. The van der Waals surface area contributed by atoms with Crippen LogP contribution in [0.25, 0.3) is 0 Å². The molecule has 7 nitrogen and oxygen atoms in total. The number of furan rings is 1. The maximum Gasteiger partial charge on any atom is 0.329 e. The van der Waals surface area contributed by atoms with Gasteiger partial charge in [0.15, 0.2) is 12.4 Å². The lowest BCUT2D eigenvalue weighted by Crippen LogP contribution is -2.44. The molecule has 7 heteroatoms. The van der Waals surface area contributed by atoms with Crippen molar-refractivity contribution < 1.29 is 23.5 Å². The second-order valence-electron chi connectivity index (χ2n) is 4.77. The van der Waals surface area contributed by atoms with Crippen LogP contribution in [0.3, 0.4) is 0 Å². The number of primary amides is 1. The van der Waals surface area contributed by atoms with Crippen molar-refractivity contribution in [1.82, 2.24) is 5.32 Å². The third-order valence-electron chi connectivity index (χ3n) is 2.97. The summed E-state index contributed by atoms with van der Waals surface area (Å²) in [6, 6.07) is 11.2. The van der Waals surface area contributed by atoms with E-state index < -0.39 is 30.4 Å². The molecule has 3 N–H and O–H groups in total. The highest BCUT2D eigenvalue weighted by atomic mass is 16.5. The van der Waals surface area contributed by atoms with E-state index in [2.05, 4.69) is 5.32 Å². The van der Waals surface area contributed by atoms with Gasteiger partial charge in [0.1, 0.15) is 6.04 Å². The Morgan fingerprint density at radius 3 is 2.48 bits per heavy atom. The van der Waals surface area contributed by atoms with Crippen molar-refractivity contribution in [3.05, 3.63) is 60.1 Å². The van der Waals surface area contributed by atoms with E-state index in [1.165, 1.54) is 12.3 Å². The number of carbonyl (C=O) groups is 3. The van der Waals surface area contributed by atoms with Gasteiger partial charge in [-0.3, -0.25) is 9.59 Å². The number of benzene rings is 1. The van der Waals surface area contributed by atoms with Crippen LogP contribution in [0.4, 0.5) is 0 Å². The van der Waals surface area contributed by atoms with Gasteiger partial charge in [-0.15, -0.1) is 0 Å². The Labute approximate surface area is 132 Å². The van der Waals surface area contributed by atoms with Gasteiger partial charge in [0.05, 0.1) is 6.26 Å². The van der Waals surface area contributed by atoms with Crippen molar-refractivity contribution in [3.63, 3.8) is 0 Å². The quantitative estimate of drug-likeness (QED) is 0.728. The van der Waals surface area contributed by atoms with Crippen LogP contribution >= 0.6 is 0 Å². The molecule has 2 aromatic rings. The first-order chi connectivity index (χ1) is 11.1. The summed E-state index contributed by atoms with van der Waals surface area (Å²) in [5.41, 5.74) is 5.78. The SMILES string of the molecule is NC(=O)COC(=O)[C@H](Cc1ccccc1)NC(=O)c1ccco1. The van der Waals surface area contributed by atoms with Gasteiger partial charge in [0.2, 0.25) is 0 Å². The number of nitrogens with one attached hydrogen (secondary N) is 1. The highest BCUT2D eigenvalue weighted by Gasteiger charge is 2.24. The number of esters is 1. The molecule has 1 atom stereocenters. The predicted octanol–water partition coefficient (Wildman–Crippen LogP) is 0.649. The molecule has 0 radical (unpaired) electrons. The molecule has 0 aliphatic heterocycles. The van der Waals surface area contributed by atoms with Gasteiger partial charge < -0.3 is 20.2 Å². The predicted molar refractivity (Wildman–Crippen MR) is 80.3 cm³/mol. The minimum absolute atomic E-state index is 0.0748. The summed E-state index contributed by atoms with van der Waals surface area (Å²) in [4.78, 5) is 34.9. The fourth-order valence-corrected chi connectivity index (χ4v) is 1.92. The van der Waals surface area contributed by atoms with Gasteiger partial charge in [-0.2, -0.15) is 0 Å². The summed E-state index contributed by atoms with van der Waals surface area (Å²) in [6.07, 6.45) is 1.57. The third-order valence-corrected chi connectivity index (χ3v) is 2.97. The van der Waals surface area contributed by atoms with Crippen LogP contribution in [0, 0.1) is 0 Å². The van der Waals surface area contributed by atoms with Gasteiger partial charge >= 0.3 is 5.97 Å². The number of nitrogens with two attached hydrogens (primary N) is 1. The first kappa shape index (κ1) is 16.3. The third kappa shape index (κ3) is 4.99. The second-order valence-corrected chi connectivity index (χ2v) is 4.77. The summed E-state index contributed by atoms with van der Waals surface area (Å²) in [7, 11) is 0. The van der Waals surface area contributed by atoms with E-state index in [0.717, 1.165) is 5.56 Å². The molecule has 0 fully saturated rings. The molecule has 1 heterocycles. The standard InChI is InChI=1S/C16H16N2O5/c17-14(19)10-23-16(21)12(9-11-5-2-1-3-6-11)18-15(20)13-7-4-8-22-13/h1-8,12H,9-10H2,(H2,17,19)(H,18,20)/t12-/m0/s1. The Hall–Kier alpha value is -3.09. The molecule has 0 unspecified atom stereocenters. The van der Waals surface area contributed by atoms with Gasteiger partial charge in [-0.05, 0) is 17.7 Å². The zero-order valence-electron chi connectivity index (χ0n) is 12.2. The Morgan fingerprint density at radius 2 is 1.87 bits per heavy atom. The lowest BCUT2D eigenvalue weighted by molar-refractivity contribution is -0.149. The lowest BCUT2D eigenvalue weighted by Gasteiger charge is -2.16. The molecule has 1 aromatic heterocycles. The average Bonchev–Trinajstić information content (AvgIpc) is 3.07. The number of hydrogen-bond acceptors (Lipinski definition) is 5. The van der Waals surface area contributed by atoms with Gasteiger partial charge in [0.25, 0.3) is 11.8 Å². The Morgan fingerprint density at radius 1 is 1.13 bits per heavy atom. The topological polar surface area (TPSA) is 112 Å². The minimum atomic E-state index is -0.964. The van der Waals surface area contributed by atoms with Crippen LogP contribution in [-0.4, -0.2) is 30.4 Å². The highest BCUT2D eigenvalue weighted by Crippen LogP contribution is 2.07. The lowest BCUT2D eigenvalue weighted by atomic mass is 10.1. The van der Waals surface area contributed by atoms with E-state index in [-0.39, 0.29) is 12.2 Å². The first-order valence-electron chi connectivity index (χ1n) is 6.89. The van der Waals surface area contributed by atoms with Crippen molar-refractivity contribution in [2.75, 3.05) is 6.61 Å². The van der Waals surface area contributed by atoms with Crippen molar-refractivity contribution in [2.24, 2.45) is 5.73 Å². The Balaban J connectivity index is 2.08. The molecule has 1 aromatic carbocycles. The van der Waals surface area contributed by atoms with Gasteiger partial charge in [-0.1, -0.05) is 30.3 Å². The van der Waals surface area contributed by atoms with E-state index in [0.29, 0.717) is 0 Å². The molecular weight excluding hydrogens is 300 g/mol. The minimum Gasteiger partial charge on any atom is -0.459 e. The van der Waals surface area contributed by atoms with Crippen LogP contribution in [0.15, 0.2) is 53.1 Å². The summed E-state index contributed by atoms with van der Waals surface area (Å²) in [5, 5.41) is 2.53. The number of rotatable bonds is 7. The molecule has 120 valence electrons. The van der Waals surface area contributed by atoms with E-state index in [1.807, 2.05) is 30.3 Å². The molecule has 0 saturated heterocycles. The first-order valence-corrected chi connectivity index (χ1v) is 6.89. The summed E-state index contributed by atoms with van der Waals surface area (Å²) in [6.45, 7) is -0.541. The summed E-state index contributed by atoms with van der Waals surface area (Å²) < 4.78 is 9.78. The zero-order chi connectivity index (χ0) is 16.7. The van der Waals surface area contributed by atoms with Gasteiger partial charge in [0, 0.05) is 6.42 Å². The molecular formula is C16H16N2O5. The van der Waals surface area contributed by atoms with E-state index in [4.69, 9.17) is 14.9 Å². The van der Waals surface area contributed by atoms with Crippen LogP contribution in [0.5, 0.6) is 0 Å². The number of hydrogen-bond donors (Lipinski definition) is 2. The maximum absolute atomic E-state index is 12.1. The molecule has 2 rings (SSSR count). The summed E-state index contributed by atoms with van der Waals surface area (Å²) >= 11 is 0. The smallest absolute Gasteiger partial charge is 0.329 e. The van der Waals surface area contributed by atoms with E-state index in [1.54, 1.807) is 6.07 Å². The van der Waals surface area contributed by atoms with Crippen molar-refractivity contribution in [3.8, 4) is 0 Å². The zero-order valence-corrected chi connectivity index (χ0v) is 12.2. The van der Waals surface area contributed by atoms with Crippen molar-refractivity contribution in [2.45, 2.75) is 12.5 Å². The monoisotopic (exact) mass is 316 g/mol. The van der Waals surface area contributed by atoms with Crippen LogP contribution < -0.4 is 11.1 Å². The number of ether oxygens (including phenoxy) is 1. The fourth-order valence-electron chi connectivity index (χ4n) is 1.92. The molecule has 0 bridgehead atoms. The van der Waals surface area contributed by atoms with Crippen molar-refractivity contribution in [1.29, 1.82) is 0 Å². The molecule has 0 aliphatic carbocycles. The normalized spacial score (nSPS) is 11.5. The van der Waals surface area contributed by atoms with Crippen LogP contribution in [0.2, 0.25) is 0 Å². The molecule has 0 saturated carbocycles. The summed E-state index contributed by atoms with van der Waals surface area (Å²) in [5.74, 6) is -1.99. The van der Waals surface area contributed by atoms with E-state index >= 15 is 0 Å². The Kier molecular flexibility index (Phi) is 5.51. The molecule has 2 amide bonds.